The normalized spacial score (nSPS) is 11.7. The maximum Gasteiger partial charge on any atom is 0.133 e. The van der Waals surface area contributed by atoms with Gasteiger partial charge in [-0.25, -0.2) is 9.97 Å². The lowest BCUT2D eigenvalue weighted by Gasteiger charge is -2.16. The van der Waals surface area contributed by atoms with Crippen LogP contribution in [-0.2, 0) is 10.7 Å². The van der Waals surface area contributed by atoms with Crippen LogP contribution in [-0.4, -0.2) is 9.97 Å². The average molecular weight is 229 g/mol. The minimum Gasteiger partial charge on any atom is -0.241 e. The van der Waals surface area contributed by atoms with E-state index in [1.54, 1.807) is 0 Å². The fourth-order valence-electron chi connectivity index (χ4n) is 0.832. The van der Waals surface area contributed by atoms with Gasteiger partial charge in [-0.2, -0.15) is 0 Å². The van der Waals surface area contributed by atoms with Crippen LogP contribution in [0.2, 0.25) is 0 Å². The fraction of sp³-hybridized carbons (Fsp3) is 0.556. The fourth-order valence-corrected chi connectivity index (χ4v) is 1.14. The van der Waals surface area contributed by atoms with E-state index < -0.39 is 0 Å². The summed E-state index contributed by atoms with van der Waals surface area (Å²) >= 11 is 3.37. The van der Waals surface area contributed by atoms with Gasteiger partial charge in [0.2, 0.25) is 0 Å². The summed E-state index contributed by atoms with van der Waals surface area (Å²) in [6, 6.07) is 1.92. The molecule has 1 heterocycles. The molecule has 0 atom stereocenters. The minimum atomic E-state index is 0.0399. The Morgan fingerprint density at radius 2 is 2.08 bits per heavy atom. The third kappa shape index (κ3) is 2.27. The molecule has 0 saturated heterocycles. The highest BCUT2D eigenvalue weighted by Crippen LogP contribution is 2.17. The number of halogens is 1. The lowest BCUT2D eigenvalue weighted by molar-refractivity contribution is 0.542. The molecular formula is C9H13BrN2. The lowest BCUT2D eigenvalue weighted by Crippen LogP contribution is -2.16. The topological polar surface area (TPSA) is 25.8 Å². The van der Waals surface area contributed by atoms with Crippen LogP contribution in [0.25, 0.3) is 0 Å². The first-order valence-corrected chi connectivity index (χ1v) is 5.04. The van der Waals surface area contributed by atoms with E-state index in [4.69, 9.17) is 0 Å². The highest BCUT2D eigenvalue weighted by Gasteiger charge is 2.16. The van der Waals surface area contributed by atoms with Gasteiger partial charge in [0, 0.05) is 16.9 Å². The third-order valence-corrected chi connectivity index (χ3v) is 2.10. The van der Waals surface area contributed by atoms with Crippen molar-refractivity contribution in [3.8, 4) is 0 Å². The average Bonchev–Trinajstić information content (AvgIpc) is 2.03. The summed E-state index contributed by atoms with van der Waals surface area (Å²) in [4.78, 5) is 8.63. The molecule has 0 aliphatic carbocycles. The van der Waals surface area contributed by atoms with Gasteiger partial charge < -0.3 is 0 Å². The monoisotopic (exact) mass is 228 g/mol. The van der Waals surface area contributed by atoms with Crippen LogP contribution >= 0.6 is 15.9 Å². The van der Waals surface area contributed by atoms with E-state index in [2.05, 4.69) is 46.7 Å². The van der Waals surface area contributed by atoms with Crippen LogP contribution in [0.4, 0.5) is 0 Å². The van der Waals surface area contributed by atoms with Gasteiger partial charge in [0.05, 0.1) is 5.69 Å². The molecular weight excluding hydrogens is 216 g/mol. The van der Waals surface area contributed by atoms with Gasteiger partial charge >= 0.3 is 0 Å². The Bertz CT molecular complexity index is 265. The summed E-state index contributed by atoms with van der Waals surface area (Å²) in [5.74, 6) is 0.902. The number of nitrogens with zero attached hydrogens (tertiary/aromatic N) is 2. The van der Waals surface area contributed by atoms with Gasteiger partial charge in [-0.1, -0.05) is 36.7 Å². The standard InChI is InChI=1S/C9H13BrN2/c1-9(2,3)8-11-5-4-7(6-10)12-8/h4-5H,6H2,1-3H3. The van der Waals surface area contributed by atoms with E-state index in [-0.39, 0.29) is 5.41 Å². The summed E-state index contributed by atoms with van der Waals surface area (Å²) in [6.07, 6.45) is 1.81. The first-order chi connectivity index (χ1) is 5.54. The van der Waals surface area contributed by atoms with Crippen molar-refractivity contribution in [3.05, 3.63) is 23.8 Å². The Morgan fingerprint density at radius 1 is 1.42 bits per heavy atom. The van der Waals surface area contributed by atoms with Gasteiger partial charge in [-0.05, 0) is 6.07 Å². The van der Waals surface area contributed by atoms with Crippen LogP contribution in [0.5, 0.6) is 0 Å². The first-order valence-electron chi connectivity index (χ1n) is 3.92. The molecule has 0 radical (unpaired) electrons. The number of rotatable bonds is 1. The summed E-state index contributed by atoms with van der Waals surface area (Å²) in [7, 11) is 0. The van der Waals surface area contributed by atoms with Crippen molar-refractivity contribution in [1.29, 1.82) is 0 Å². The predicted molar refractivity (Wildman–Crippen MR) is 53.4 cm³/mol. The van der Waals surface area contributed by atoms with E-state index in [0.29, 0.717) is 0 Å². The molecule has 0 bridgehead atoms. The van der Waals surface area contributed by atoms with Gasteiger partial charge in [-0.15, -0.1) is 0 Å². The molecule has 1 aromatic rings. The van der Waals surface area contributed by atoms with Gasteiger partial charge in [0.25, 0.3) is 0 Å². The molecule has 1 rings (SSSR count). The summed E-state index contributed by atoms with van der Waals surface area (Å²) in [5, 5.41) is 0.790. The van der Waals surface area contributed by atoms with Gasteiger partial charge in [0.1, 0.15) is 5.82 Å². The van der Waals surface area contributed by atoms with Crippen LogP contribution in [0.3, 0.4) is 0 Å². The molecule has 0 aliphatic heterocycles. The van der Waals surface area contributed by atoms with Crippen LogP contribution in [0, 0.1) is 0 Å². The van der Waals surface area contributed by atoms with Crippen LogP contribution in [0.1, 0.15) is 32.3 Å². The Hall–Kier alpha value is -0.440. The molecule has 3 heteroatoms. The van der Waals surface area contributed by atoms with Crippen molar-refractivity contribution in [2.24, 2.45) is 0 Å². The lowest BCUT2D eigenvalue weighted by atomic mass is 9.96. The number of hydrogen-bond acceptors (Lipinski definition) is 2. The first kappa shape index (κ1) is 9.65. The molecule has 1 aromatic heterocycles. The van der Waals surface area contributed by atoms with Crippen LogP contribution < -0.4 is 0 Å². The molecule has 0 aliphatic rings. The van der Waals surface area contributed by atoms with Crippen LogP contribution in [0.15, 0.2) is 12.3 Å². The second-order valence-corrected chi connectivity index (χ2v) is 4.32. The van der Waals surface area contributed by atoms with E-state index in [1.165, 1.54) is 0 Å². The predicted octanol–water partition coefficient (Wildman–Crippen LogP) is 2.67. The SMILES string of the molecule is CC(C)(C)c1nccc(CBr)n1. The Labute approximate surface area is 81.6 Å². The van der Waals surface area contributed by atoms with E-state index in [1.807, 2.05) is 12.3 Å². The summed E-state index contributed by atoms with van der Waals surface area (Å²) in [5.41, 5.74) is 1.08. The molecule has 0 unspecified atom stereocenters. The smallest absolute Gasteiger partial charge is 0.133 e. The van der Waals surface area contributed by atoms with Crippen molar-refractivity contribution < 1.29 is 0 Å². The third-order valence-electron chi connectivity index (χ3n) is 1.52. The molecule has 0 N–H and O–H groups in total. The second-order valence-electron chi connectivity index (χ2n) is 3.76. The Kier molecular flexibility index (Phi) is 2.83. The zero-order valence-electron chi connectivity index (χ0n) is 7.63. The second kappa shape index (κ2) is 3.52. The Morgan fingerprint density at radius 3 is 2.58 bits per heavy atom. The van der Waals surface area contributed by atoms with Crippen molar-refractivity contribution in [1.82, 2.24) is 9.97 Å². The maximum absolute atomic E-state index is 4.40. The van der Waals surface area contributed by atoms with E-state index >= 15 is 0 Å². The van der Waals surface area contributed by atoms with Crippen molar-refractivity contribution >= 4 is 15.9 Å². The molecule has 0 saturated carbocycles. The molecule has 66 valence electrons. The molecule has 0 fully saturated rings. The summed E-state index contributed by atoms with van der Waals surface area (Å²) in [6.45, 7) is 6.33. The number of alkyl halides is 1. The minimum absolute atomic E-state index is 0.0399. The van der Waals surface area contributed by atoms with Gasteiger partial charge in [0.15, 0.2) is 0 Å². The summed E-state index contributed by atoms with van der Waals surface area (Å²) < 4.78 is 0. The number of aromatic nitrogens is 2. The highest BCUT2D eigenvalue weighted by atomic mass is 79.9. The molecule has 12 heavy (non-hydrogen) atoms. The molecule has 0 aromatic carbocycles. The number of hydrogen-bond donors (Lipinski definition) is 0. The van der Waals surface area contributed by atoms with E-state index in [9.17, 15) is 0 Å². The zero-order chi connectivity index (χ0) is 9.19. The van der Waals surface area contributed by atoms with Gasteiger partial charge in [-0.3, -0.25) is 0 Å². The maximum atomic E-state index is 4.40. The van der Waals surface area contributed by atoms with Crippen molar-refractivity contribution in [2.75, 3.05) is 0 Å². The Balaban J connectivity index is 3.02. The van der Waals surface area contributed by atoms with Crippen molar-refractivity contribution in [3.63, 3.8) is 0 Å². The van der Waals surface area contributed by atoms with E-state index in [0.717, 1.165) is 16.8 Å². The zero-order valence-corrected chi connectivity index (χ0v) is 9.22. The highest BCUT2D eigenvalue weighted by molar-refractivity contribution is 9.08. The van der Waals surface area contributed by atoms with Crippen molar-refractivity contribution in [2.45, 2.75) is 31.5 Å². The largest absolute Gasteiger partial charge is 0.241 e. The molecule has 0 spiro atoms. The quantitative estimate of drug-likeness (QED) is 0.692. The molecule has 0 amide bonds. The molecule has 2 nitrogen and oxygen atoms in total.